The molecule has 1 heterocycles. The highest BCUT2D eigenvalue weighted by Gasteiger charge is 2.05. The third kappa shape index (κ3) is 1.31. The Hall–Kier alpha value is -1.97. The van der Waals surface area contributed by atoms with Crippen molar-refractivity contribution >= 4 is 0 Å². The van der Waals surface area contributed by atoms with Crippen molar-refractivity contribution < 1.29 is 4.74 Å². The molecule has 0 saturated carbocycles. The Morgan fingerprint density at radius 2 is 2.14 bits per heavy atom. The molecule has 72 valence electrons. The van der Waals surface area contributed by atoms with Crippen molar-refractivity contribution in [3.63, 3.8) is 0 Å². The van der Waals surface area contributed by atoms with Gasteiger partial charge in [0.05, 0.1) is 12.8 Å². The highest BCUT2D eigenvalue weighted by molar-refractivity contribution is 5.46. The normalized spacial score (nSPS) is 10.1. The number of aromatic nitrogens is 2. The molecule has 0 aliphatic carbocycles. The van der Waals surface area contributed by atoms with Gasteiger partial charge in [0.1, 0.15) is 5.75 Å². The highest BCUT2D eigenvalue weighted by atomic mass is 16.5. The minimum absolute atomic E-state index is 0.172. The summed E-state index contributed by atoms with van der Waals surface area (Å²) < 4.78 is 6.65. The SMILES string of the molecule is COc1ccccc1-n1cc[nH]c1=O. The number of para-hydroxylation sites is 2. The summed E-state index contributed by atoms with van der Waals surface area (Å²) in [4.78, 5) is 13.9. The first-order chi connectivity index (χ1) is 6.83. The van der Waals surface area contributed by atoms with Crippen LogP contribution in [-0.2, 0) is 0 Å². The molecule has 0 amide bonds. The second-order valence-corrected chi connectivity index (χ2v) is 2.81. The molecule has 1 aromatic carbocycles. The van der Waals surface area contributed by atoms with Crippen molar-refractivity contribution in [3.05, 3.63) is 47.1 Å². The van der Waals surface area contributed by atoms with Crippen molar-refractivity contribution in [2.75, 3.05) is 7.11 Å². The molecule has 4 heteroatoms. The predicted molar refractivity (Wildman–Crippen MR) is 52.9 cm³/mol. The molecule has 0 radical (unpaired) electrons. The van der Waals surface area contributed by atoms with Crippen LogP contribution in [-0.4, -0.2) is 16.7 Å². The zero-order chi connectivity index (χ0) is 9.97. The van der Waals surface area contributed by atoms with Crippen LogP contribution >= 0.6 is 0 Å². The number of rotatable bonds is 2. The smallest absolute Gasteiger partial charge is 0.330 e. The van der Waals surface area contributed by atoms with E-state index in [9.17, 15) is 4.79 Å². The van der Waals surface area contributed by atoms with Gasteiger partial charge in [0.15, 0.2) is 0 Å². The molecule has 0 bridgehead atoms. The molecule has 0 saturated heterocycles. The van der Waals surface area contributed by atoms with Gasteiger partial charge < -0.3 is 9.72 Å². The second-order valence-electron chi connectivity index (χ2n) is 2.81. The van der Waals surface area contributed by atoms with Gasteiger partial charge in [-0.1, -0.05) is 12.1 Å². The molecule has 0 aliphatic rings. The van der Waals surface area contributed by atoms with E-state index in [1.807, 2.05) is 24.3 Å². The summed E-state index contributed by atoms with van der Waals surface area (Å²) in [6, 6.07) is 7.36. The number of ether oxygens (including phenoxy) is 1. The van der Waals surface area contributed by atoms with Crippen LogP contribution in [0.1, 0.15) is 0 Å². The van der Waals surface area contributed by atoms with Crippen molar-refractivity contribution in [2.45, 2.75) is 0 Å². The van der Waals surface area contributed by atoms with E-state index in [0.717, 1.165) is 5.69 Å². The van der Waals surface area contributed by atoms with Crippen molar-refractivity contribution in [1.82, 2.24) is 9.55 Å². The Morgan fingerprint density at radius 3 is 2.79 bits per heavy atom. The monoisotopic (exact) mass is 190 g/mol. The number of H-pyrrole nitrogens is 1. The van der Waals surface area contributed by atoms with E-state index in [0.29, 0.717) is 5.75 Å². The van der Waals surface area contributed by atoms with E-state index in [2.05, 4.69) is 4.98 Å². The molecule has 2 aromatic rings. The van der Waals surface area contributed by atoms with Crippen LogP contribution < -0.4 is 10.4 Å². The van der Waals surface area contributed by atoms with Crippen LogP contribution in [0.25, 0.3) is 5.69 Å². The highest BCUT2D eigenvalue weighted by Crippen LogP contribution is 2.19. The van der Waals surface area contributed by atoms with Gasteiger partial charge in [-0.15, -0.1) is 0 Å². The molecule has 0 unspecified atom stereocenters. The van der Waals surface area contributed by atoms with Crippen LogP contribution in [0, 0.1) is 0 Å². The fourth-order valence-electron chi connectivity index (χ4n) is 1.34. The maximum atomic E-state index is 11.3. The first-order valence-electron chi connectivity index (χ1n) is 4.22. The van der Waals surface area contributed by atoms with E-state index in [4.69, 9.17) is 4.74 Å². The van der Waals surface area contributed by atoms with E-state index in [-0.39, 0.29) is 5.69 Å². The lowest BCUT2D eigenvalue weighted by Crippen LogP contribution is -2.14. The average Bonchev–Trinajstić information content (AvgIpc) is 2.64. The third-order valence-corrected chi connectivity index (χ3v) is 1.99. The van der Waals surface area contributed by atoms with Gasteiger partial charge in [-0.25, -0.2) is 4.79 Å². The van der Waals surface area contributed by atoms with Crippen LogP contribution in [0.5, 0.6) is 5.75 Å². The molecule has 1 N–H and O–H groups in total. The standard InChI is InChI=1S/C10H10N2O2/c1-14-9-5-3-2-4-8(9)12-7-6-11-10(12)13/h2-7H,1H3,(H,11,13). The fourth-order valence-corrected chi connectivity index (χ4v) is 1.34. The largest absolute Gasteiger partial charge is 0.495 e. The maximum Gasteiger partial charge on any atom is 0.330 e. The maximum absolute atomic E-state index is 11.3. The molecule has 0 aliphatic heterocycles. The van der Waals surface area contributed by atoms with E-state index in [1.165, 1.54) is 4.57 Å². The Morgan fingerprint density at radius 1 is 1.36 bits per heavy atom. The third-order valence-electron chi connectivity index (χ3n) is 1.99. The van der Waals surface area contributed by atoms with Gasteiger partial charge in [-0.3, -0.25) is 4.57 Å². The topological polar surface area (TPSA) is 47.0 Å². The molecule has 14 heavy (non-hydrogen) atoms. The van der Waals surface area contributed by atoms with Crippen molar-refractivity contribution in [2.24, 2.45) is 0 Å². The summed E-state index contributed by atoms with van der Waals surface area (Å²) in [6.07, 6.45) is 3.26. The zero-order valence-corrected chi connectivity index (χ0v) is 7.73. The number of hydrogen-bond acceptors (Lipinski definition) is 2. The number of aromatic amines is 1. The lowest BCUT2D eigenvalue weighted by Gasteiger charge is -2.06. The van der Waals surface area contributed by atoms with E-state index in [1.54, 1.807) is 19.5 Å². The number of imidazole rings is 1. The van der Waals surface area contributed by atoms with Crippen LogP contribution in [0.15, 0.2) is 41.5 Å². The molecular weight excluding hydrogens is 180 g/mol. The molecule has 0 spiro atoms. The average molecular weight is 190 g/mol. The van der Waals surface area contributed by atoms with Gasteiger partial charge in [0, 0.05) is 12.4 Å². The van der Waals surface area contributed by atoms with Gasteiger partial charge in [-0.2, -0.15) is 0 Å². The molecule has 0 fully saturated rings. The Balaban J connectivity index is 2.62. The van der Waals surface area contributed by atoms with Crippen LogP contribution in [0.2, 0.25) is 0 Å². The molecule has 2 rings (SSSR count). The Bertz CT molecular complexity index is 485. The molecule has 1 aromatic heterocycles. The lowest BCUT2D eigenvalue weighted by molar-refractivity contribution is 0.412. The van der Waals surface area contributed by atoms with E-state index >= 15 is 0 Å². The Labute approximate surface area is 80.8 Å². The van der Waals surface area contributed by atoms with Gasteiger partial charge in [0.25, 0.3) is 0 Å². The quantitative estimate of drug-likeness (QED) is 0.772. The summed E-state index contributed by atoms with van der Waals surface area (Å²) >= 11 is 0. The molecule has 4 nitrogen and oxygen atoms in total. The zero-order valence-electron chi connectivity index (χ0n) is 7.73. The van der Waals surface area contributed by atoms with Crippen molar-refractivity contribution in [3.8, 4) is 11.4 Å². The fraction of sp³-hybridized carbons (Fsp3) is 0.100. The summed E-state index contributed by atoms with van der Waals surface area (Å²) in [5, 5.41) is 0. The Kier molecular flexibility index (Phi) is 2.10. The second kappa shape index (κ2) is 3.41. The van der Waals surface area contributed by atoms with Crippen molar-refractivity contribution in [1.29, 1.82) is 0 Å². The predicted octanol–water partition coefficient (Wildman–Crippen LogP) is 1.17. The van der Waals surface area contributed by atoms with Gasteiger partial charge in [-0.05, 0) is 12.1 Å². The molecule has 0 atom stereocenters. The summed E-state index contributed by atoms with van der Waals surface area (Å²) in [5.41, 5.74) is 0.566. The minimum Gasteiger partial charge on any atom is -0.495 e. The van der Waals surface area contributed by atoms with E-state index < -0.39 is 0 Å². The lowest BCUT2D eigenvalue weighted by atomic mass is 10.3. The number of benzene rings is 1. The van der Waals surface area contributed by atoms with Crippen LogP contribution in [0.3, 0.4) is 0 Å². The molecular formula is C10H10N2O2. The van der Waals surface area contributed by atoms with Crippen LogP contribution in [0.4, 0.5) is 0 Å². The summed E-state index contributed by atoms with van der Waals surface area (Å²) in [5.74, 6) is 0.675. The number of nitrogens with one attached hydrogen (secondary N) is 1. The summed E-state index contributed by atoms with van der Waals surface area (Å²) in [6.45, 7) is 0. The first-order valence-corrected chi connectivity index (χ1v) is 4.22. The first kappa shape index (κ1) is 8.62. The number of hydrogen-bond donors (Lipinski definition) is 1. The minimum atomic E-state index is -0.172. The van der Waals surface area contributed by atoms with Gasteiger partial charge >= 0.3 is 5.69 Å². The number of nitrogens with zero attached hydrogens (tertiary/aromatic N) is 1. The summed E-state index contributed by atoms with van der Waals surface area (Å²) in [7, 11) is 1.58. The van der Waals surface area contributed by atoms with Gasteiger partial charge in [0.2, 0.25) is 0 Å². The number of methoxy groups -OCH3 is 1.